The maximum absolute atomic E-state index is 14.7. The highest BCUT2D eigenvalue weighted by Crippen LogP contribution is 2.70. The minimum Gasteiger partial charge on any atom is -0.339 e. The summed E-state index contributed by atoms with van der Waals surface area (Å²) in [7, 11) is 0. The normalized spacial score (nSPS) is 32.0. The van der Waals surface area contributed by atoms with E-state index in [4.69, 9.17) is 14.5 Å². The summed E-state index contributed by atoms with van der Waals surface area (Å²) in [6, 6.07) is 14.1. The second-order valence-electron chi connectivity index (χ2n) is 14.4. The van der Waals surface area contributed by atoms with Crippen LogP contribution in [0.2, 0.25) is 0 Å². The number of carbonyl (C=O) groups excluding carboxylic acids is 1. The summed E-state index contributed by atoms with van der Waals surface area (Å²) in [5.74, 6) is 3.03. The van der Waals surface area contributed by atoms with Crippen LogP contribution in [0.3, 0.4) is 0 Å². The zero-order chi connectivity index (χ0) is 29.7. The fourth-order valence-electron chi connectivity index (χ4n) is 8.97. The largest absolute Gasteiger partial charge is 0.339 e. The van der Waals surface area contributed by atoms with Crippen molar-refractivity contribution in [1.29, 1.82) is 5.26 Å². The van der Waals surface area contributed by atoms with Gasteiger partial charge in [-0.1, -0.05) is 30.1 Å². The summed E-state index contributed by atoms with van der Waals surface area (Å²) >= 11 is 1.57. The standard InChI is InChI=1S/C35H34FN5O2S/c36-35-18-34(19-35,20-35)32(42)41(26-5-1-3-22(13-26)29-25(16-37)14-28-27(38-29)9-12-44-28)17-24-8-11-33(10-2-4-23(24)15-33)31-39-30(40-43-31)21-6-7-21/h1,3,5,9,12-14,21,23-24H,2,4,6-8,10-11,15,17-20H2. The molecule has 3 atom stereocenters. The predicted octanol–water partition coefficient (Wildman–Crippen LogP) is 7.86. The zero-order valence-corrected chi connectivity index (χ0v) is 25.4. The van der Waals surface area contributed by atoms with Gasteiger partial charge in [0.25, 0.3) is 0 Å². The van der Waals surface area contributed by atoms with Crippen LogP contribution >= 0.6 is 11.3 Å². The van der Waals surface area contributed by atoms with Crippen molar-refractivity contribution >= 4 is 33.1 Å². The Morgan fingerprint density at radius 3 is 2.77 bits per heavy atom. The molecular formula is C35H34FN5O2S. The van der Waals surface area contributed by atoms with Gasteiger partial charge in [-0.25, -0.2) is 9.37 Å². The molecule has 0 radical (unpaired) electrons. The van der Waals surface area contributed by atoms with E-state index in [1.165, 1.54) is 0 Å². The smallest absolute Gasteiger partial charge is 0.233 e. The van der Waals surface area contributed by atoms with E-state index >= 15 is 0 Å². The highest BCUT2D eigenvalue weighted by molar-refractivity contribution is 7.17. The number of hydrogen-bond donors (Lipinski definition) is 0. The number of amides is 1. The van der Waals surface area contributed by atoms with Gasteiger partial charge in [0.15, 0.2) is 5.82 Å². The molecule has 3 aromatic heterocycles. The Labute approximate surface area is 259 Å². The van der Waals surface area contributed by atoms with E-state index in [2.05, 4.69) is 11.2 Å². The quantitative estimate of drug-likeness (QED) is 0.212. The molecule has 0 saturated heterocycles. The highest BCUT2D eigenvalue weighted by Gasteiger charge is 2.73. The second kappa shape index (κ2) is 9.43. The molecular weight excluding hydrogens is 573 g/mol. The molecule has 7 nitrogen and oxygen atoms in total. The molecule has 3 unspecified atom stereocenters. The van der Waals surface area contributed by atoms with Crippen molar-refractivity contribution in [3.63, 3.8) is 0 Å². The third-order valence-electron chi connectivity index (χ3n) is 11.5. The maximum Gasteiger partial charge on any atom is 0.233 e. The molecule has 4 bridgehead atoms. The van der Waals surface area contributed by atoms with Gasteiger partial charge in [0, 0.05) is 29.1 Å². The van der Waals surface area contributed by atoms with Gasteiger partial charge < -0.3 is 9.42 Å². The Kier molecular flexibility index (Phi) is 5.73. The van der Waals surface area contributed by atoms with Crippen molar-refractivity contribution < 1.29 is 13.7 Å². The number of anilines is 1. The predicted molar refractivity (Wildman–Crippen MR) is 165 cm³/mol. The van der Waals surface area contributed by atoms with Gasteiger partial charge in [0.2, 0.25) is 11.8 Å². The maximum atomic E-state index is 14.7. The van der Waals surface area contributed by atoms with Crippen molar-refractivity contribution in [3.05, 3.63) is 59.1 Å². The molecule has 1 amide bonds. The average molecular weight is 608 g/mol. The van der Waals surface area contributed by atoms with E-state index < -0.39 is 11.1 Å². The van der Waals surface area contributed by atoms with Crippen molar-refractivity contribution in [3.8, 4) is 17.3 Å². The molecule has 0 aliphatic heterocycles. The average Bonchev–Trinajstić information content (AvgIpc) is 3.54. The molecule has 1 aromatic carbocycles. The summed E-state index contributed by atoms with van der Waals surface area (Å²) in [5, 5.41) is 16.3. The van der Waals surface area contributed by atoms with E-state index in [9.17, 15) is 14.4 Å². The van der Waals surface area contributed by atoms with Gasteiger partial charge in [-0.3, -0.25) is 4.79 Å². The number of rotatable bonds is 7. The van der Waals surface area contributed by atoms with E-state index in [0.717, 1.165) is 84.5 Å². The number of hydrogen-bond acceptors (Lipinski definition) is 7. The minimum atomic E-state index is -1.15. The SMILES string of the molecule is N#Cc1cc2sccc2nc1-c1cccc(N(CC2CCC3(c4nc(C5CC5)no4)CCCC2C3)C(=O)C23CC(F)(C2)C3)c1. The minimum absolute atomic E-state index is 0.0505. The summed E-state index contributed by atoms with van der Waals surface area (Å²) in [6.45, 7) is 0.614. The molecule has 3 heterocycles. The number of aromatic nitrogens is 3. The number of carbonyl (C=O) groups is 1. The van der Waals surface area contributed by atoms with Crippen LogP contribution in [-0.4, -0.2) is 33.2 Å². The number of nitriles is 1. The number of pyridine rings is 1. The van der Waals surface area contributed by atoms with Crippen molar-refractivity contribution in [1.82, 2.24) is 15.1 Å². The fourth-order valence-corrected chi connectivity index (χ4v) is 9.74. The van der Waals surface area contributed by atoms with E-state index in [0.29, 0.717) is 54.8 Å². The van der Waals surface area contributed by atoms with Crippen LogP contribution in [-0.2, 0) is 10.2 Å². The molecule has 6 aliphatic carbocycles. The Hall–Kier alpha value is -3.64. The lowest BCUT2D eigenvalue weighted by Gasteiger charge is -2.65. The number of thiophene rings is 1. The lowest BCUT2D eigenvalue weighted by Crippen LogP contribution is -2.70. The highest BCUT2D eigenvalue weighted by atomic mass is 32.1. The van der Waals surface area contributed by atoms with Gasteiger partial charge >= 0.3 is 0 Å². The number of benzene rings is 1. The Bertz CT molecular complexity index is 1830. The Morgan fingerprint density at radius 2 is 1.98 bits per heavy atom. The zero-order valence-electron chi connectivity index (χ0n) is 24.6. The molecule has 6 aliphatic rings. The van der Waals surface area contributed by atoms with Crippen LogP contribution in [0.15, 0.2) is 46.3 Å². The van der Waals surface area contributed by atoms with Crippen molar-refractivity contribution in [2.24, 2.45) is 17.3 Å². The van der Waals surface area contributed by atoms with Gasteiger partial charge in [0.1, 0.15) is 11.7 Å². The molecule has 0 spiro atoms. The monoisotopic (exact) mass is 607 g/mol. The summed E-state index contributed by atoms with van der Waals surface area (Å²) in [5.41, 5.74) is 1.84. The van der Waals surface area contributed by atoms with Gasteiger partial charge in [-0.2, -0.15) is 10.2 Å². The Morgan fingerprint density at radius 1 is 1.11 bits per heavy atom. The first-order valence-corrected chi connectivity index (χ1v) is 17.0. The van der Waals surface area contributed by atoms with E-state index in [1.807, 2.05) is 46.7 Å². The lowest BCUT2D eigenvalue weighted by molar-refractivity contribution is -0.211. The summed E-state index contributed by atoms with van der Waals surface area (Å²) in [4.78, 5) is 26.0. The van der Waals surface area contributed by atoms with Crippen LogP contribution in [0.4, 0.5) is 10.1 Å². The van der Waals surface area contributed by atoms with E-state index in [-0.39, 0.29) is 11.3 Å². The number of alkyl halides is 1. The van der Waals surface area contributed by atoms with Gasteiger partial charge in [-0.05, 0) is 99.3 Å². The molecule has 6 fully saturated rings. The molecule has 44 heavy (non-hydrogen) atoms. The molecule has 0 N–H and O–H groups in total. The van der Waals surface area contributed by atoms with Gasteiger partial charge in [-0.15, -0.1) is 11.3 Å². The first-order chi connectivity index (χ1) is 21.4. The third kappa shape index (κ3) is 4.09. The molecule has 224 valence electrons. The van der Waals surface area contributed by atoms with Gasteiger partial charge in [0.05, 0.1) is 26.9 Å². The van der Waals surface area contributed by atoms with Crippen molar-refractivity contribution in [2.75, 3.05) is 11.4 Å². The molecule has 9 heteroatoms. The number of halogens is 1. The summed E-state index contributed by atoms with van der Waals surface area (Å²) in [6.07, 6.45) is 9.64. The number of fused-ring (bicyclic) bond motifs is 3. The summed E-state index contributed by atoms with van der Waals surface area (Å²) < 4.78 is 21.5. The van der Waals surface area contributed by atoms with Crippen LogP contribution in [0.1, 0.15) is 93.8 Å². The molecule has 10 rings (SSSR count). The fraction of sp³-hybridized carbons (Fsp3) is 0.514. The molecule has 4 aromatic rings. The first-order valence-electron chi connectivity index (χ1n) is 16.1. The van der Waals surface area contributed by atoms with E-state index in [1.54, 1.807) is 11.3 Å². The van der Waals surface area contributed by atoms with Crippen LogP contribution < -0.4 is 4.90 Å². The lowest BCUT2D eigenvalue weighted by atomic mass is 9.42. The third-order valence-corrected chi connectivity index (χ3v) is 12.3. The van der Waals surface area contributed by atoms with Crippen LogP contribution in [0.25, 0.3) is 21.5 Å². The van der Waals surface area contributed by atoms with Crippen LogP contribution in [0.5, 0.6) is 0 Å². The van der Waals surface area contributed by atoms with Crippen LogP contribution in [0, 0.1) is 28.6 Å². The first kappa shape index (κ1) is 26.7. The second-order valence-corrected chi connectivity index (χ2v) is 15.3. The number of nitrogens with zero attached hydrogens (tertiary/aromatic N) is 5. The molecule has 6 saturated carbocycles. The van der Waals surface area contributed by atoms with Crippen molar-refractivity contribution in [2.45, 2.75) is 87.6 Å². The topological polar surface area (TPSA) is 95.9 Å². The Balaban J connectivity index is 1.03.